The molecule has 0 radical (unpaired) electrons. The first-order valence-corrected chi connectivity index (χ1v) is 12.2. The lowest BCUT2D eigenvalue weighted by atomic mass is 10.2. The maximum Gasteiger partial charge on any atom is 0.312 e. The number of phenolic OH excluding ortho intramolecular Hbond substituents is 1. The zero-order valence-electron chi connectivity index (χ0n) is 17.3. The van der Waals surface area contributed by atoms with Crippen molar-refractivity contribution in [2.45, 2.75) is 16.7 Å². The minimum absolute atomic E-state index is 0.0864. The van der Waals surface area contributed by atoms with Crippen LogP contribution in [0.2, 0.25) is 0 Å². The summed E-state index contributed by atoms with van der Waals surface area (Å²) >= 11 is 0. The van der Waals surface area contributed by atoms with Crippen LogP contribution in [-0.2, 0) is 20.0 Å². The van der Waals surface area contributed by atoms with Gasteiger partial charge in [0.25, 0.3) is 20.0 Å². The van der Waals surface area contributed by atoms with Gasteiger partial charge in [-0.25, -0.2) is 16.8 Å². The fourth-order valence-electron chi connectivity index (χ4n) is 2.91. The number of hydrogen-bond donors (Lipinski definition) is 3. The summed E-state index contributed by atoms with van der Waals surface area (Å²) in [6.45, 7) is 1.54. The van der Waals surface area contributed by atoms with Crippen LogP contribution in [0.15, 0.2) is 70.5 Å². The van der Waals surface area contributed by atoms with Gasteiger partial charge in [0.15, 0.2) is 5.75 Å². The SMILES string of the molecule is COc1ccccc1NS(=O)(=O)c1cc(NS(=O)(=O)c2ccc(O)c([N+](=O)[O-])c2)ccc1C. The number of phenols is 1. The number of methoxy groups -OCH3 is 1. The summed E-state index contributed by atoms with van der Waals surface area (Å²) in [7, 11) is -7.07. The van der Waals surface area contributed by atoms with Gasteiger partial charge in [-0.05, 0) is 48.9 Å². The van der Waals surface area contributed by atoms with E-state index in [9.17, 15) is 32.1 Å². The van der Waals surface area contributed by atoms with E-state index in [2.05, 4.69) is 9.44 Å². The van der Waals surface area contributed by atoms with Gasteiger partial charge in [-0.15, -0.1) is 0 Å². The van der Waals surface area contributed by atoms with Gasteiger partial charge >= 0.3 is 5.69 Å². The molecule has 11 nitrogen and oxygen atoms in total. The molecule has 0 atom stereocenters. The number of sulfonamides is 2. The van der Waals surface area contributed by atoms with Crippen LogP contribution in [0.5, 0.6) is 11.5 Å². The number of nitrogens with zero attached hydrogens (tertiary/aromatic N) is 1. The van der Waals surface area contributed by atoms with Crippen molar-refractivity contribution in [3.63, 3.8) is 0 Å². The van der Waals surface area contributed by atoms with Gasteiger partial charge in [0, 0.05) is 6.07 Å². The standard InChI is InChI=1S/C20H19N3O8S2/c1-13-7-8-14(21-32(27,28)15-9-10-18(24)17(12-15)23(25)26)11-20(13)33(29,30)22-16-5-3-4-6-19(16)31-2/h3-12,21-22,24H,1-2H3. The number of rotatable bonds is 8. The van der Waals surface area contributed by atoms with E-state index in [0.717, 1.165) is 18.2 Å². The minimum Gasteiger partial charge on any atom is -0.502 e. The maximum atomic E-state index is 13.0. The van der Waals surface area contributed by atoms with Crippen molar-refractivity contribution in [1.29, 1.82) is 0 Å². The zero-order chi connectivity index (χ0) is 24.4. The molecular formula is C20H19N3O8S2. The predicted octanol–water partition coefficient (Wildman–Crippen LogP) is 3.22. The van der Waals surface area contributed by atoms with Crippen molar-refractivity contribution < 1.29 is 31.6 Å². The average molecular weight is 494 g/mol. The lowest BCUT2D eigenvalue weighted by molar-refractivity contribution is -0.386. The third kappa shape index (κ3) is 5.15. The van der Waals surface area contributed by atoms with Gasteiger partial charge in [0.2, 0.25) is 0 Å². The number of aryl methyl sites for hydroxylation is 1. The smallest absolute Gasteiger partial charge is 0.312 e. The van der Waals surface area contributed by atoms with Gasteiger partial charge in [0.1, 0.15) is 5.75 Å². The maximum absolute atomic E-state index is 13.0. The Morgan fingerprint density at radius 2 is 1.64 bits per heavy atom. The van der Waals surface area contributed by atoms with E-state index in [0.29, 0.717) is 17.4 Å². The Balaban J connectivity index is 1.96. The van der Waals surface area contributed by atoms with Gasteiger partial charge in [-0.2, -0.15) is 0 Å². The highest BCUT2D eigenvalue weighted by Crippen LogP contribution is 2.31. The molecule has 0 aliphatic heterocycles. The molecule has 0 fully saturated rings. The molecule has 0 saturated heterocycles. The third-order valence-corrected chi connectivity index (χ3v) is 7.42. The fourth-order valence-corrected chi connectivity index (χ4v) is 5.32. The van der Waals surface area contributed by atoms with Gasteiger partial charge < -0.3 is 9.84 Å². The van der Waals surface area contributed by atoms with Crippen molar-refractivity contribution in [3.8, 4) is 11.5 Å². The Kier molecular flexibility index (Phi) is 6.46. The lowest BCUT2D eigenvalue weighted by Gasteiger charge is -2.15. The number of ether oxygens (including phenoxy) is 1. The summed E-state index contributed by atoms with van der Waals surface area (Å²) < 4.78 is 61.2. The van der Waals surface area contributed by atoms with Crippen LogP contribution < -0.4 is 14.2 Å². The number of para-hydroxylation sites is 2. The van der Waals surface area contributed by atoms with Crippen molar-refractivity contribution >= 4 is 37.1 Å². The second-order valence-electron chi connectivity index (χ2n) is 6.80. The van der Waals surface area contributed by atoms with Crippen molar-refractivity contribution in [1.82, 2.24) is 0 Å². The molecule has 3 aromatic carbocycles. The van der Waals surface area contributed by atoms with Gasteiger partial charge in [-0.3, -0.25) is 19.6 Å². The molecule has 33 heavy (non-hydrogen) atoms. The molecule has 0 aliphatic rings. The van der Waals surface area contributed by atoms with Crippen LogP contribution in [0.25, 0.3) is 0 Å². The molecule has 3 N–H and O–H groups in total. The third-order valence-electron chi connectivity index (χ3n) is 4.54. The molecule has 0 amide bonds. The minimum atomic E-state index is -4.33. The summed E-state index contributed by atoms with van der Waals surface area (Å²) in [5.74, 6) is -0.394. The van der Waals surface area contributed by atoms with Crippen LogP contribution in [0.3, 0.4) is 0 Å². The predicted molar refractivity (Wildman–Crippen MR) is 121 cm³/mol. The first-order valence-electron chi connectivity index (χ1n) is 9.21. The Morgan fingerprint density at radius 1 is 0.939 bits per heavy atom. The number of nitro benzene ring substituents is 1. The number of benzene rings is 3. The molecule has 0 aromatic heterocycles. The van der Waals surface area contributed by atoms with E-state index in [1.54, 1.807) is 25.1 Å². The fraction of sp³-hybridized carbons (Fsp3) is 0.100. The number of hydrogen-bond acceptors (Lipinski definition) is 8. The molecule has 3 aromatic rings. The zero-order valence-corrected chi connectivity index (χ0v) is 19.0. The normalized spacial score (nSPS) is 11.6. The van der Waals surface area contributed by atoms with Crippen LogP contribution in [-0.4, -0.2) is 34.0 Å². The van der Waals surface area contributed by atoms with E-state index in [4.69, 9.17) is 4.74 Å². The topological polar surface area (TPSA) is 165 Å². The summed E-state index contributed by atoms with van der Waals surface area (Å²) in [4.78, 5) is 9.40. The second-order valence-corrected chi connectivity index (χ2v) is 10.1. The molecule has 0 spiro atoms. The van der Waals surface area contributed by atoms with Crippen LogP contribution in [0.4, 0.5) is 17.1 Å². The Labute approximate surface area is 189 Å². The van der Waals surface area contributed by atoms with E-state index in [-0.39, 0.29) is 16.3 Å². The lowest BCUT2D eigenvalue weighted by Crippen LogP contribution is -2.17. The number of nitrogens with one attached hydrogen (secondary N) is 2. The molecule has 174 valence electrons. The van der Waals surface area contributed by atoms with Crippen molar-refractivity contribution in [3.05, 3.63) is 76.3 Å². The Bertz CT molecular complexity index is 1440. The van der Waals surface area contributed by atoms with E-state index < -0.39 is 41.3 Å². The van der Waals surface area contributed by atoms with Crippen molar-refractivity contribution in [2.75, 3.05) is 16.6 Å². The summed E-state index contributed by atoms with van der Waals surface area (Å²) in [5, 5.41) is 20.5. The molecule has 0 saturated carbocycles. The second kappa shape index (κ2) is 8.96. The molecule has 13 heteroatoms. The largest absolute Gasteiger partial charge is 0.502 e. The number of anilines is 2. The quantitative estimate of drug-likeness (QED) is 0.318. The van der Waals surface area contributed by atoms with E-state index in [1.807, 2.05) is 0 Å². The molecule has 0 bridgehead atoms. The van der Waals surface area contributed by atoms with Gasteiger partial charge in [0.05, 0.1) is 33.2 Å². The molecule has 0 aliphatic carbocycles. The molecular weight excluding hydrogens is 474 g/mol. The highest BCUT2D eigenvalue weighted by atomic mass is 32.2. The van der Waals surface area contributed by atoms with Crippen LogP contribution >= 0.6 is 0 Å². The van der Waals surface area contributed by atoms with Gasteiger partial charge in [-0.1, -0.05) is 18.2 Å². The number of aromatic hydroxyl groups is 1. The van der Waals surface area contributed by atoms with Crippen LogP contribution in [0.1, 0.15) is 5.56 Å². The van der Waals surface area contributed by atoms with E-state index >= 15 is 0 Å². The first-order chi connectivity index (χ1) is 15.4. The summed E-state index contributed by atoms with van der Waals surface area (Å²) in [5.41, 5.74) is -0.329. The Hall–Kier alpha value is -3.84. The van der Waals surface area contributed by atoms with Crippen molar-refractivity contribution in [2.24, 2.45) is 0 Å². The summed E-state index contributed by atoms with van der Waals surface area (Å²) in [6, 6.07) is 12.8. The first kappa shape index (κ1) is 23.8. The molecule has 3 rings (SSSR count). The summed E-state index contributed by atoms with van der Waals surface area (Å²) in [6.07, 6.45) is 0. The Morgan fingerprint density at radius 3 is 2.30 bits per heavy atom. The highest BCUT2D eigenvalue weighted by molar-refractivity contribution is 7.93. The average Bonchev–Trinajstić information content (AvgIpc) is 2.75. The van der Waals surface area contributed by atoms with Crippen LogP contribution in [0, 0.1) is 17.0 Å². The molecule has 0 unspecified atom stereocenters. The highest BCUT2D eigenvalue weighted by Gasteiger charge is 2.23. The molecule has 0 heterocycles. The monoisotopic (exact) mass is 493 g/mol. The number of nitro groups is 1. The van der Waals surface area contributed by atoms with E-state index in [1.165, 1.54) is 25.3 Å².